The van der Waals surface area contributed by atoms with E-state index in [0.717, 1.165) is 12.1 Å². The predicted octanol–water partition coefficient (Wildman–Crippen LogP) is 4.42. The largest absolute Gasteiger partial charge is 0.454 e. The summed E-state index contributed by atoms with van der Waals surface area (Å²) < 4.78 is 72.3. The number of aldehydes is 1. The molecule has 130 valence electrons. The number of hydrogen-bond donors (Lipinski definition) is 0. The molecular weight excluding hydrogens is 394 g/mol. The maximum absolute atomic E-state index is 12.4. The molecule has 1 aromatic carbocycles. The third-order valence-corrected chi connectivity index (χ3v) is 2.92. The van der Waals surface area contributed by atoms with E-state index in [1.807, 2.05) is 0 Å². The maximum Gasteiger partial charge on any atom is 0.454 e. The molecule has 23 heavy (non-hydrogen) atoms. The Morgan fingerprint density at radius 3 is 2.04 bits per heavy atom. The zero-order valence-electron chi connectivity index (χ0n) is 11.6. The Kier molecular flexibility index (Phi) is 9.78. The van der Waals surface area contributed by atoms with Gasteiger partial charge in [-0.1, -0.05) is 46.3 Å². The quantitative estimate of drug-likeness (QED) is 0.303. The van der Waals surface area contributed by atoms with Crippen LogP contribution in [-0.2, 0) is 4.79 Å². The van der Waals surface area contributed by atoms with Crippen LogP contribution in [0.5, 0.6) is 0 Å². The van der Waals surface area contributed by atoms with Crippen molar-refractivity contribution in [2.75, 3.05) is 5.33 Å². The SMILES string of the molecule is O=C(c1ccccc1)C(F)(F)F.O=CC(F)C(F)C(F)CCBr. The minimum Gasteiger partial charge on any atom is -0.300 e. The van der Waals surface area contributed by atoms with Gasteiger partial charge in [0.25, 0.3) is 5.78 Å². The van der Waals surface area contributed by atoms with Crippen LogP contribution in [0.2, 0.25) is 0 Å². The summed E-state index contributed by atoms with van der Waals surface area (Å²) >= 11 is 2.87. The van der Waals surface area contributed by atoms with E-state index in [4.69, 9.17) is 0 Å². The predicted molar refractivity (Wildman–Crippen MR) is 76.0 cm³/mol. The monoisotopic (exact) mass is 406 g/mol. The van der Waals surface area contributed by atoms with Gasteiger partial charge < -0.3 is 0 Å². The first-order chi connectivity index (χ1) is 10.6. The van der Waals surface area contributed by atoms with E-state index in [0.29, 0.717) is 0 Å². The molecule has 0 aliphatic heterocycles. The van der Waals surface area contributed by atoms with E-state index >= 15 is 0 Å². The van der Waals surface area contributed by atoms with Crippen LogP contribution < -0.4 is 0 Å². The van der Waals surface area contributed by atoms with Gasteiger partial charge in [-0.05, 0) is 6.42 Å². The zero-order valence-corrected chi connectivity index (χ0v) is 13.2. The lowest BCUT2D eigenvalue weighted by atomic mass is 10.1. The summed E-state index contributed by atoms with van der Waals surface area (Å²) in [6.07, 6.45) is -11.7. The second-order valence-electron chi connectivity index (χ2n) is 4.21. The van der Waals surface area contributed by atoms with Crippen LogP contribution in [0.4, 0.5) is 26.3 Å². The normalized spacial score (nSPS) is 14.9. The van der Waals surface area contributed by atoms with Crippen LogP contribution in [0, 0.1) is 0 Å². The summed E-state index contributed by atoms with van der Waals surface area (Å²) in [7, 11) is 0. The molecule has 0 N–H and O–H groups in total. The van der Waals surface area contributed by atoms with Crippen LogP contribution in [0.1, 0.15) is 16.8 Å². The van der Waals surface area contributed by atoms with Crippen LogP contribution in [0.25, 0.3) is 0 Å². The number of alkyl halides is 7. The van der Waals surface area contributed by atoms with Gasteiger partial charge in [0.05, 0.1) is 0 Å². The zero-order chi connectivity index (χ0) is 18.0. The Morgan fingerprint density at radius 2 is 1.65 bits per heavy atom. The first-order valence-electron chi connectivity index (χ1n) is 6.25. The molecule has 1 aromatic rings. The summed E-state index contributed by atoms with van der Waals surface area (Å²) in [5, 5.41) is 0.250. The molecule has 0 amide bonds. The minimum atomic E-state index is -4.78. The second kappa shape index (κ2) is 10.4. The van der Waals surface area contributed by atoms with Gasteiger partial charge in [-0.25, -0.2) is 13.2 Å². The molecular formula is C14H13BrF6O2. The Labute approximate surface area is 137 Å². The number of rotatable bonds is 6. The molecule has 0 radical (unpaired) electrons. The summed E-state index contributed by atoms with van der Waals surface area (Å²) in [4.78, 5) is 20.2. The number of benzene rings is 1. The van der Waals surface area contributed by atoms with Crippen LogP contribution in [0.15, 0.2) is 30.3 Å². The number of Topliss-reactive ketones (excluding diaryl/α,β-unsaturated/α-hetero) is 1. The van der Waals surface area contributed by atoms with Crippen LogP contribution >= 0.6 is 15.9 Å². The molecule has 0 heterocycles. The fraction of sp³-hybridized carbons (Fsp3) is 0.429. The molecule has 0 saturated carbocycles. The maximum atomic E-state index is 12.4. The topological polar surface area (TPSA) is 34.1 Å². The molecule has 0 saturated heterocycles. The van der Waals surface area contributed by atoms with E-state index in [-0.39, 0.29) is 23.6 Å². The highest BCUT2D eigenvalue weighted by Crippen LogP contribution is 2.20. The number of ketones is 1. The van der Waals surface area contributed by atoms with Crippen molar-refractivity contribution >= 4 is 28.0 Å². The van der Waals surface area contributed by atoms with Gasteiger partial charge in [0.2, 0.25) is 0 Å². The molecule has 0 fully saturated rings. The van der Waals surface area contributed by atoms with E-state index in [2.05, 4.69) is 15.9 Å². The van der Waals surface area contributed by atoms with Crippen LogP contribution in [-0.4, -0.2) is 42.1 Å². The molecule has 0 aliphatic rings. The van der Waals surface area contributed by atoms with E-state index in [9.17, 15) is 35.9 Å². The lowest BCUT2D eigenvalue weighted by Crippen LogP contribution is -2.29. The highest BCUT2D eigenvalue weighted by molar-refractivity contribution is 9.09. The lowest BCUT2D eigenvalue weighted by Gasteiger charge is -2.11. The molecule has 3 unspecified atom stereocenters. The average Bonchev–Trinajstić information content (AvgIpc) is 2.53. The summed E-state index contributed by atoms with van der Waals surface area (Å²) in [5.74, 6) is -1.80. The summed E-state index contributed by atoms with van der Waals surface area (Å²) in [6, 6.07) is 6.59. The van der Waals surface area contributed by atoms with Crippen LogP contribution in [0.3, 0.4) is 0 Å². The fourth-order valence-corrected chi connectivity index (χ4v) is 1.73. The third kappa shape index (κ3) is 8.15. The van der Waals surface area contributed by atoms with Crippen molar-refractivity contribution in [2.24, 2.45) is 0 Å². The lowest BCUT2D eigenvalue weighted by molar-refractivity contribution is -0.115. The standard InChI is InChI=1S/C8H5F3O.C6H8BrF3O/c9-8(10,11)7(12)6-4-2-1-3-5-6;7-2-1-4(8)6(10)5(9)3-11/h1-5H;3-6H,1-2H2. The molecule has 3 atom stereocenters. The fourth-order valence-electron chi connectivity index (χ4n) is 1.29. The van der Waals surface area contributed by atoms with Gasteiger partial charge in [-0.15, -0.1) is 0 Å². The minimum absolute atomic E-state index is 0.130. The molecule has 0 aliphatic carbocycles. The molecule has 1 rings (SSSR count). The molecule has 9 heteroatoms. The highest BCUT2D eigenvalue weighted by atomic mass is 79.9. The molecule has 0 bridgehead atoms. The smallest absolute Gasteiger partial charge is 0.300 e. The Hall–Kier alpha value is -1.38. The Morgan fingerprint density at radius 1 is 1.13 bits per heavy atom. The average molecular weight is 407 g/mol. The van der Waals surface area contributed by atoms with E-state index in [1.165, 1.54) is 12.1 Å². The summed E-state index contributed by atoms with van der Waals surface area (Å²) in [6.45, 7) is 0. The van der Waals surface area contributed by atoms with Gasteiger partial charge in [0, 0.05) is 10.9 Å². The number of hydrogen-bond acceptors (Lipinski definition) is 2. The van der Waals surface area contributed by atoms with Crippen molar-refractivity contribution in [3.05, 3.63) is 35.9 Å². The molecule has 2 nitrogen and oxygen atoms in total. The van der Waals surface area contributed by atoms with E-state index in [1.54, 1.807) is 6.07 Å². The van der Waals surface area contributed by atoms with Gasteiger partial charge in [-0.3, -0.25) is 9.59 Å². The third-order valence-electron chi connectivity index (χ3n) is 2.46. The van der Waals surface area contributed by atoms with Crippen molar-refractivity contribution in [3.8, 4) is 0 Å². The number of carbonyl (C=O) groups excluding carboxylic acids is 2. The van der Waals surface area contributed by atoms with Crippen molar-refractivity contribution in [3.63, 3.8) is 0 Å². The number of carbonyl (C=O) groups is 2. The first kappa shape index (κ1) is 21.6. The molecule has 0 spiro atoms. The van der Waals surface area contributed by atoms with Gasteiger partial charge in [0.15, 0.2) is 18.6 Å². The highest BCUT2D eigenvalue weighted by Gasteiger charge is 2.38. The van der Waals surface area contributed by atoms with Gasteiger partial charge in [-0.2, -0.15) is 13.2 Å². The molecule has 0 aromatic heterocycles. The van der Waals surface area contributed by atoms with Crippen molar-refractivity contribution < 1.29 is 35.9 Å². The van der Waals surface area contributed by atoms with Gasteiger partial charge in [0.1, 0.15) is 6.17 Å². The first-order valence-corrected chi connectivity index (χ1v) is 7.37. The number of halogens is 7. The van der Waals surface area contributed by atoms with Gasteiger partial charge >= 0.3 is 6.18 Å². The Balaban J connectivity index is 0.000000423. The second-order valence-corrected chi connectivity index (χ2v) is 5.00. The Bertz CT molecular complexity index is 480. The van der Waals surface area contributed by atoms with E-state index < -0.39 is 30.5 Å². The van der Waals surface area contributed by atoms with Crippen molar-refractivity contribution in [1.82, 2.24) is 0 Å². The van der Waals surface area contributed by atoms with Crippen molar-refractivity contribution in [2.45, 2.75) is 31.1 Å². The summed E-state index contributed by atoms with van der Waals surface area (Å²) in [5.41, 5.74) is -0.329. The van der Waals surface area contributed by atoms with Crippen molar-refractivity contribution in [1.29, 1.82) is 0 Å².